The summed E-state index contributed by atoms with van der Waals surface area (Å²) >= 11 is 0. The summed E-state index contributed by atoms with van der Waals surface area (Å²) in [5, 5.41) is 3.59. The van der Waals surface area contributed by atoms with E-state index >= 15 is 8.78 Å². The Bertz CT molecular complexity index is 3560. The van der Waals surface area contributed by atoms with E-state index in [1.165, 1.54) is 24.2 Å². The van der Waals surface area contributed by atoms with E-state index in [0.717, 1.165) is 95.3 Å². The van der Waals surface area contributed by atoms with Crippen LogP contribution in [0.1, 0.15) is 103 Å². The van der Waals surface area contributed by atoms with E-state index in [4.69, 9.17) is 40.3 Å². The minimum atomic E-state index is -0.754. The normalized spacial score (nSPS) is 21.7. The third kappa shape index (κ3) is 10.6. The molecular weight excluding hydrogens is 1040 g/mol. The summed E-state index contributed by atoms with van der Waals surface area (Å²) in [4.78, 5) is 74.9. The number of amides is 3. The van der Waals surface area contributed by atoms with Gasteiger partial charge in [0.2, 0.25) is 11.8 Å². The van der Waals surface area contributed by atoms with Crippen LogP contribution in [0, 0.1) is 41.2 Å². The van der Waals surface area contributed by atoms with Crippen molar-refractivity contribution < 1.29 is 42.1 Å². The number of imidazole rings is 1. The van der Waals surface area contributed by atoms with Crippen LogP contribution in [0.4, 0.5) is 25.1 Å². The predicted octanol–water partition coefficient (Wildman–Crippen LogP) is 8.48. The van der Waals surface area contributed by atoms with Gasteiger partial charge < -0.3 is 33.6 Å². The molecule has 3 atom stereocenters. The molecule has 81 heavy (non-hydrogen) atoms. The number of carbonyl (C=O) groups excluding carboxylic acids is 3. The van der Waals surface area contributed by atoms with E-state index < -0.39 is 29.2 Å². The minimum Gasteiger partial charge on any atom is -0.468 e. The highest BCUT2D eigenvalue weighted by Gasteiger charge is 2.47. The molecule has 1 saturated carbocycles. The van der Waals surface area contributed by atoms with Crippen molar-refractivity contribution in [2.45, 2.75) is 115 Å². The molecule has 3 amide bonds. The van der Waals surface area contributed by atoms with Crippen LogP contribution >= 0.6 is 0 Å². The van der Waals surface area contributed by atoms with Crippen LogP contribution in [-0.4, -0.2) is 136 Å². The first-order valence-corrected chi connectivity index (χ1v) is 28.6. The first-order chi connectivity index (χ1) is 39.0. The summed E-state index contributed by atoms with van der Waals surface area (Å²) in [6, 6.07) is 11.2. The second kappa shape index (κ2) is 21.5. The van der Waals surface area contributed by atoms with E-state index in [0.29, 0.717) is 71.2 Å². The number of carbonyl (C=O) groups is 3. The number of terminal acetylenes is 1. The highest BCUT2D eigenvalue weighted by atomic mass is 19.1. The fourth-order valence-electron chi connectivity index (χ4n) is 13.4. The van der Waals surface area contributed by atoms with Gasteiger partial charge in [0.25, 0.3) is 0 Å². The summed E-state index contributed by atoms with van der Waals surface area (Å²) < 4.78 is 59.6. The van der Waals surface area contributed by atoms with E-state index in [2.05, 4.69) is 32.0 Å². The molecule has 8 heterocycles. The number of aryl methyl sites for hydroxylation is 1. The number of imide groups is 1. The number of nitrogens with zero attached hydrogens (tertiary/aromatic N) is 9. The molecule has 12 rings (SSSR count). The van der Waals surface area contributed by atoms with Gasteiger partial charge in [0.1, 0.15) is 40.2 Å². The number of piperazine rings is 1. The molecule has 6 fully saturated rings. The molecule has 0 radical (unpaired) electrons. The zero-order valence-corrected chi connectivity index (χ0v) is 46.8. The number of ether oxygens (including phenoxy) is 4. The number of nitrogens with one attached hydrogen (secondary N) is 1. The maximum absolute atomic E-state index is 17.7. The molecule has 3 aromatic heterocycles. The monoisotopic (exact) mass is 1110 g/mol. The summed E-state index contributed by atoms with van der Waals surface area (Å²) in [7, 11) is 3.23. The van der Waals surface area contributed by atoms with Crippen LogP contribution < -0.4 is 30.3 Å². The van der Waals surface area contributed by atoms with Crippen molar-refractivity contribution in [1.29, 1.82) is 0 Å². The zero-order valence-electron chi connectivity index (χ0n) is 46.8. The van der Waals surface area contributed by atoms with Crippen LogP contribution in [0.15, 0.2) is 53.5 Å². The molecule has 18 nitrogen and oxygen atoms in total. The van der Waals surface area contributed by atoms with Crippen LogP contribution in [0.2, 0.25) is 0 Å². The van der Waals surface area contributed by atoms with E-state index in [1.807, 2.05) is 37.8 Å². The third-order valence-electron chi connectivity index (χ3n) is 17.8. The van der Waals surface area contributed by atoms with Crippen molar-refractivity contribution in [1.82, 2.24) is 39.2 Å². The topological polar surface area (TPSA) is 179 Å². The van der Waals surface area contributed by atoms with Gasteiger partial charge in [-0.3, -0.25) is 33.9 Å². The standard InChI is InChI=1S/C61H70F2N10O8/c1-7-43-46(62)12-8-38-27-42(80-35-78-6)29-44(51(38)43)53-52(63)54-45(30-64-53)55(71-31-40-9-10-41(32-71)72(40)59(77)81-60(2,3)4)67-57(66-54)79-34-61(20-21-61)33-69-22-16-36(17-23-69)26-37-18-24-70(25-19-37)39-11-13-47-49(28-39)68(5)58(76)73(47)48-14-15-50(74)65-56(48)75/h1,8,11-13,27-30,36-37,40-41,48H,9-10,14-26,31-35H2,2-6H3,(H,65,74,75). The molecule has 20 heteroatoms. The molecule has 3 aromatic carbocycles. The lowest BCUT2D eigenvalue weighted by atomic mass is 9.82. The number of hydrogen-bond acceptors (Lipinski definition) is 14. The van der Waals surface area contributed by atoms with E-state index in [1.54, 1.807) is 36.0 Å². The molecule has 2 bridgehead atoms. The number of benzene rings is 3. The Hall–Kier alpha value is -7.37. The largest absolute Gasteiger partial charge is 0.468 e. The van der Waals surface area contributed by atoms with Crippen molar-refractivity contribution in [3.05, 3.63) is 76.3 Å². The van der Waals surface area contributed by atoms with Gasteiger partial charge in [0.05, 0.1) is 40.7 Å². The second-order valence-electron chi connectivity index (χ2n) is 24.4. The number of fused-ring (bicyclic) bond motifs is 5. The number of hydrogen-bond donors (Lipinski definition) is 1. The third-order valence-corrected chi connectivity index (χ3v) is 17.8. The Morgan fingerprint density at radius 1 is 0.877 bits per heavy atom. The van der Waals surface area contributed by atoms with Crippen molar-refractivity contribution in [3.63, 3.8) is 0 Å². The van der Waals surface area contributed by atoms with Crippen molar-refractivity contribution in [2.75, 3.05) is 76.1 Å². The van der Waals surface area contributed by atoms with Gasteiger partial charge in [0.15, 0.2) is 12.6 Å². The van der Waals surface area contributed by atoms with Crippen LogP contribution in [-0.2, 0) is 26.1 Å². The van der Waals surface area contributed by atoms with Gasteiger partial charge in [-0.25, -0.2) is 18.4 Å². The molecule has 6 aliphatic rings. The molecule has 0 spiro atoms. The molecule has 426 valence electrons. The highest BCUT2D eigenvalue weighted by Crippen LogP contribution is 2.48. The fraction of sp³-hybridized carbons (Fsp3) is 0.525. The number of pyridine rings is 1. The van der Waals surface area contributed by atoms with Crippen LogP contribution in [0.3, 0.4) is 0 Å². The number of likely N-dealkylation sites (tertiary alicyclic amines) is 1. The summed E-state index contributed by atoms with van der Waals surface area (Å²) in [6.07, 6.45) is 16.8. The molecule has 1 N–H and O–H groups in total. The number of halogens is 2. The lowest BCUT2D eigenvalue weighted by Gasteiger charge is -2.42. The predicted molar refractivity (Wildman–Crippen MR) is 302 cm³/mol. The number of rotatable bonds is 14. The maximum Gasteiger partial charge on any atom is 0.410 e. The van der Waals surface area contributed by atoms with Gasteiger partial charge >= 0.3 is 17.8 Å². The lowest BCUT2D eigenvalue weighted by Crippen LogP contribution is -2.57. The quantitative estimate of drug-likeness (QED) is 0.0624. The Kier molecular flexibility index (Phi) is 14.4. The zero-order chi connectivity index (χ0) is 56.5. The Morgan fingerprint density at radius 2 is 1.60 bits per heavy atom. The average Bonchev–Trinajstić information content (AvgIpc) is 4.33. The second-order valence-corrected chi connectivity index (χ2v) is 24.4. The molecule has 5 aliphatic heterocycles. The van der Waals surface area contributed by atoms with Crippen LogP contribution in [0.5, 0.6) is 11.8 Å². The Labute approximate surface area is 469 Å². The van der Waals surface area contributed by atoms with E-state index in [9.17, 15) is 19.2 Å². The molecule has 6 aromatic rings. The van der Waals surface area contributed by atoms with Crippen molar-refractivity contribution in [2.24, 2.45) is 24.3 Å². The van der Waals surface area contributed by atoms with Gasteiger partial charge in [0, 0.05) is 81.6 Å². The SMILES string of the molecule is C#Cc1c(F)ccc2cc(OCOC)cc(-c3ncc4c(N5CC6CCC(C5)N6C(=O)OC(C)(C)C)nc(OCC5(CN6CCC(CC7CCN(c8ccc9c(c8)n(C)c(=O)n9C8CCC(=O)NC8=O)CC7)CC6)CC5)nc4c3F)c12. The Morgan fingerprint density at radius 3 is 2.28 bits per heavy atom. The molecule has 3 unspecified atom stereocenters. The smallest absolute Gasteiger partial charge is 0.410 e. The Balaban J connectivity index is 0.727. The van der Waals surface area contributed by atoms with E-state index in [-0.39, 0.29) is 76.8 Å². The van der Waals surface area contributed by atoms with Gasteiger partial charge in [-0.15, -0.1) is 6.42 Å². The fourth-order valence-corrected chi connectivity index (χ4v) is 13.4. The summed E-state index contributed by atoms with van der Waals surface area (Å²) in [5.41, 5.74) is 1.60. The number of methoxy groups -OCH3 is 1. The number of aromatic nitrogens is 5. The lowest BCUT2D eigenvalue weighted by molar-refractivity contribution is -0.135. The van der Waals surface area contributed by atoms with Gasteiger partial charge in [-0.1, -0.05) is 12.0 Å². The highest BCUT2D eigenvalue weighted by molar-refractivity contribution is 6.03. The van der Waals surface area contributed by atoms with Gasteiger partial charge in [-0.05, 0) is 152 Å². The average molecular weight is 1110 g/mol. The molecular formula is C61H70F2N10O8. The van der Waals surface area contributed by atoms with Crippen molar-refractivity contribution in [3.8, 4) is 35.4 Å². The maximum atomic E-state index is 17.7. The van der Waals surface area contributed by atoms with Crippen LogP contribution in [0.25, 0.3) is 44.0 Å². The van der Waals surface area contributed by atoms with Crippen molar-refractivity contribution >= 4 is 62.1 Å². The molecule has 1 aliphatic carbocycles. The summed E-state index contributed by atoms with van der Waals surface area (Å²) in [6.45, 7) is 11.5. The number of piperidine rings is 3. The molecule has 5 saturated heterocycles. The minimum absolute atomic E-state index is 0.0108. The van der Waals surface area contributed by atoms with Gasteiger partial charge in [-0.2, -0.15) is 9.97 Å². The first-order valence-electron chi connectivity index (χ1n) is 28.6. The first kappa shape index (κ1) is 54.2. The number of anilines is 2. The summed E-state index contributed by atoms with van der Waals surface area (Å²) in [5.74, 6) is 2.44.